The molecule has 0 fully saturated rings. The third kappa shape index (κ3) is 3.86. The largest absolute Gasteiger partial charge is 0.322 e. The summed E-state index contributed by atoms with van der Waals surface area (Å²) in [6.45, 7) is 0. The number of hydrogen-bond donors (Lipinski definition) is 2. The Morgan fingerprint density at radius 2 is 1.67 bits per heavy atom. The maximum Gasteiger partial charge on any atom is 0.270 e. The summed E-state index contributed by atoms with van der Waals surface area (Å²) in [5.74, 6) is -0.712. The third-order valence-electron chi connectivity index (χ3n) is 4.07. The van der Waals surface area contributed by atoms with E-state index in [0.717, 1.165) is 0 Å². The summed E-state index contributed by atoms with van der Waals surface area (Å²) in [6, 6.07) is 12.0. The molecule has 0 bridgehead atoms. The summed E-state index contributed by atoms with van der Waals surface area (Å²) < 4.78 is 28.3. The molecule has 0 radical (unpaired) electrons. The Labute approximate surface area is 170 Å². The number of carbonyl (C=O) groups excluding carboxylic acids is 1. The second kappa shape index (κ2) is 7.72. The highest BCUT2D eigenvalue weighted by molar-refractivity contribution is 7.92. The summed E-state index contributed by atoms with van der Waals surface area (Å²) in [5.41, 5.74) is 0.0821. The lowest BCUT2D eigenvalue weighted by Crippen LogP contribution is -2.26. The second-order valence-electron chi connectivity index (χ2n) is 6.06. The molecule has 11 heteroatoms. The van der Waals surface area contributed by atoms with Crippen molar-refractivity contribution in [2.45, 2.75) is 4.90 Å². The highest BCUT2D eigenvalue weighted by atomic mass is 32.2. The van der Waals surface area contributed by atoms with E-state index in [2.05, 4.69) is 25.0 Å². The van der Waals surface area contributed by atoms with Gasteiger partial charge in [-0.2, -0.15) is 0 Å². The van der Waals surface area contributed by atoms with Gasteiger partial charge in [0.15, 0.2) is 0 Å². The van der Waals surface area contributed by atoms with Crippen LogP contribution in [0, 0.1) is 0 Å². The van der Waals surface area contributed by atoms with Crippen LogP contribution in [-0.2, 0) is 10.0 Å². The fraction of sp³-hybridized carbons (Fsp3) is 0. The molecule has 1 amide bonds. The van der Waals surface area contributed by atoms with Crippen molar-refractivity contribution < 1.29 is 13.2 Å². The molecule has 10 nitrogen and oxygen atoms in total. The molecule has 0 aliphatic rings. The molecule has 30 heavy (non-hydrogen) atoms. The molecular weight excluding hydrogens is 408 g/mol. The molecular formula is C19H14N6O4S. The molecule has 3 heterocycles. The van der Waals surface area contributed by atoms with Gasteiger partial charge >= 0.3 is 0 Å². The number of rotatable bonds is 5. The quantitative estimate of drug-likeness (QED) is 0.498. The van der Waals surface area contributed by atoms with E-state index < -0.39 is 21.5 Å². The molecule has 4 rings (SSSR count). The van der Waals surface area contributed by atoms with Gasteiger partial charge in [-0.1, -0.05) is 6.07 Å². The molecule has 0 saturated carbocycles. The first-order valence-electron chi connectivity index (χ1n) is 8.62. The normalized spacial score (nSPS) is 11.2. The van der Waals surface area contributed by atoms with Crippen LogP contribution in [0.3, 0.4) is 0 Å². The van der Waals surface area contributed by atoms with Gasteiger partial charge in [0.25, 0.3) is 21.5 Å². The lowest BCUT2D eigenvalue weighted by Gasteiger charge is -2.08. The summed E-state index contributed by atoms with van der Waals surface area (Å²) in [5, 5.41) is 2.56. The number of sulfonamides is 1. The summed E-state index contributed by atoms with van der Waals surface area (Å²) in [4.78, 5) is 36.7. The predicted octanol–water partition coefficient (Wildman–Crippen LogP) is 1.54. The molecule has 0 saturated heterocycles. The van der Waals surface area contributed by atoms with Crippen LogP contribution in [0.4, 0.5) is 11.6 Å². The monoisotopic (exact) mass is 422 g/mol. The van der Waals surface area contributed by atoms with Gasteiger partial charge in [-0.25, -0.2) is 28.1 Å². The molecule has 0 atom stereocenters. The summed E-state index contributed by atoms with van der Waals surface area (Å²) in [7, 11) is -3.89. The maximum atomic E-state index is 12.5. The van der Waals surface area contributed by atoms with Gasteiger partial charge in [-0.05, 0) is 42.5 Å². The van der Waals surface area contributed by atoms with Gasteiger partial charge in [-0.3, -0.25) is 14.0 Å². The maximum absolute atomic E-state index is 12.5. The van der Waals surface area contributed by atoms with E-state index in [4.69, 9.17) is 0 Å². The van der Waals surface area contributed by atoms with Crippen molar-refractivity contribution in [2.24, 2.45) is 0 Å². The molecule has 0 unspecified atom stereocenters. The fourth-order valence-electron chi connectivity index (χ4n) is 2.63. The number of aromatic nitrogens is 4. The number of nitrogens with zero attached hydrogens (tertiary/aromatic N) is 4. The Kier molecular flexibility index (Phi) is 4.94. The zero-order valence-electron chi connectivity index (χ0n) is 15.3. The standard InChI is InChI=1S/C19H14N6O4S/c26-17(15-12-22-16-4-1-2-11-25(16)18(15)27)23-13-5-7-14(8-6-13)30(28,29)24-19-20-9-3-10-21-19/h1-12H,(H,23,26)(H,20,21,24). The number of fused-ring (bicyclic) bond motifs is 1. The smallest absolute Gasteiger partial charge is 0.270 e. The van der Waals surface area contributed by atoms with E-state index in [0.29, 0.717) is 11.3 Å². The van der Waals surface area contributed by atoms with E-state index >= 15 is 0 Å². The Morgan fingerprint density at radius 3 is 2.40 bits per heavy atom. The Hall–Kier alpha value is -4.12. The van der Waals surface area contributed by atoms with Crippen molar-refractivity contribution in [3.05, 3.63) is 89.2 Å². The van der Waals surface area contributed by atoms with Crippen molar-refractivity contribution >= 4 is 33.2 Å². The molecule has 0 aliphatic carbocycles. The van der Waals surface area contributed by atoms with Crippen LogP contribution in [0.1, 0.15) is 10.4 Å². The minimum atomic E-state index is -3.89. The molecule has 4 aromatic rings. The molecule has 3 aromatic heterocycles. The number of carbonyl (C=O) groups is 1. The average molecular weight is 422 g/mol. The first-order valence-corrected chi connectivity index (χ1v) is 10.1. The van der Waals surface area contributed by atoms with Gasteiger partial charge in [0.1, 0.15) is 11.2 Å². The highest BCUT2D eigenvalue weighted by Gasteiger charge is 2.17. The van der Waals surface area contributed by atoms with Crippen molar-refractivity contribution in [2.75, 3.05) is 10.0 Å². The number of anilines is 2. The van der Waals surface area contributed by atoms with Gasteiger partial charge in [0, 0.05) is 30.5 Å². The van der Waals surface area contributed by atoms with E-state index in [9.17, 15) is 18.0 Å². The Bertz CT molecular complexity index is 1390. The molecule has 1 aromatic carbocycles. The van der Waals surface area contributed by atoms with Crippen LogP contribution in [-0.4, -0.2) is 33.7 Å². The number of benzene rings is 1. The first kappa shape index (κ1) is 19.2. The van der Waals surface area contributed by atoms with Crippen LogP contribution in [0.15, 0.2) is 83.0 Å². The van der Waals surface area contributed by atoms with E-state index in [1.54, 1.807) is 24.3 Å². The van der Waals surface area contributed by atoms with Gasteiger partial charge in [0.05, 0.1) is 4.90 Å². The third-order valence-corrected chi connectivity index (χ3v) is 5.42. The van der Waals surface area contributed by atoms with Gasteiger partial charge in [0.2, 0.25) is 5.95 Å². The lowest BCUT2D eigenvalue weighted by atomic mass is 10.2. The van der Waals surface area contributed by atoms with Gasteiger partial charge in [-0.15, -0.1) is 0 Å². The topological polar surface area (TPSA) is 135 Å². The Morgan fingerprint density at radius 1 is 0.933 bits per heavy atom. The van der Waals surface area contributed by atoms with E-state index in [-0.39, 0.29) is 16.4 Å². The lowest BCUT2D eigenvalue weighted by molar-refractivity contribution is 0.102. The van der Waals surface area contributed by atoms with Crippen molar-refractivity contribution in [1.29, 1.82) is 0 Å². The summed E-state index contributed by atoms with van der Waals surface area (Å²) in [6.07, 6.45) is 5.54. The minimum absolute atomic E-state index is 0.0413. The van der Waals surface area contributed by atoms with Crippen molar-refractivity contribution in [3.63, 3.8) is 0 Å². The second-order valence-corrected chi connectivity index (χ2v) is 7.74. The zero-order chi connectivity index (χ0) is 21.1. The SMILES string of the molecule is O=C(Nc1ccc(S(=O)(=O)Nc2ncccn2)cc1)c1cnc2ccccn2c1=O. The summed E-state index contributed by atoms with van der Waals surface area (Å²) >= 11 is 0. The highest BCUT2D eigenvalue weighted by Crippen LogP contribution is 2.16. The first-order chi connectivity index (χ1) is 14.4. The minimum Gasteiger partial charge on any atom is -0.322 e. The molecule has 0 aliphatic heterocycles. The predicted molar refractivity (Wildman–Crippen MR) is 109 cm³/mol. The fourth-order valence-corrected chi connectivity index (χ4v) is 3.59. The van der Waals surface area contributed by atoms with Gasteiger partial charge < -0.3 is 5.32 Å². The zero-order valence-corrected chi connectivity index (χ0v) is 16.1. The Balaban J connectivity index is 1.53. The van der Waals surface area contributed by atoms with Crippen molar-refractivity contribution in [3.8, 4) is 0 Å². The molecule has 150 valence electrons. The number of hydrogen-bond acceptors (Lipinski definition) is 7. The molecule has 0 spiro atoms. The van der Waals surface area contributed by atoms with Crippen LogP contribution in [0.25, 0.3) is 5.65 Å². The number of pyridine rings is 1. The number of amides is 1. The number of nitrogens with one attached hydrogen (secondary N) is 2. The van der Waals surface area contributed by atoms with Crippen LogP contribution in [0.2, 0.25) is 0 Å². The van der Waals surface area contributed by atoms with Crippen LogP contribution in [0.5, 0.6) is 0 Å². The van der Waals surface area contributed by atoms with Crippen molar-refractivity contribution in [1.82, 2.24) is 19.4 Å². The van der Waals surface area contributed by atoms with E-state index in [1.807, 2.05) is 0 Å². The van der Waals surface area contributed by atoms with Crippen LogP contribution < -0.4 is 15.6 Å². The van der Waals surface area contributed by atoms with Crippen LogP contribution >= 0.6 is 0 Å². The molecule has 2 N–H and O–H groups in total. The average Bonchev–Trinajstić information content (AvgIpc) is 2.75. The van der Waals surface area contributed by atoms with E-state index in [1.165, 1.54) is 53.5 Å².